The number of carbonyl (C=O) groups excluding carboxylic acids is 1. The lowest BCUT2D eigenvalue weighted by Crippen LogP contribution is -2.49. The van der Waals surface area contributed by atoms with Crippen LogP contribution in [0, 0.1) is 5.82 Å². The van der Waals surface area contributed by atoms with Crippen LogP contribution in [0.4, 0.5) is 4.39 Å². The van der Waals surface area contributed by atoms with E-state index >= 15 is 0 Å². The smallest absolute Gasteiger partial charge is 0.164 e. The number of hydrogen-bond acceptors (Lipinski definition) is 3. The van der Waals surface area contributed by atoms with Crippen molar-refractivity contribution in [3.8, 4) is 0 Å². The molecule has 1 aromatic rings. The van der Waals surface area contributed by atoms with Gasteiger partial charge in [-0.3, -0.25) is 9.69 Å². The molecule has 3 rings (SSSR count). The SMILES string of the molecule is O=C(CCN1CCOC2CCCC21)c1ccc(F)cc1. The molecule has 1 saturated carbocycles. The number of benzene rings is 1. The highest BCUT2D eigenvalue weighted by molar-refractivity contribution is 5.96. The molecule has 1 aliphatic heterocycles. The number of hydrogen-bond donors (Lipinski definition) is 0. The first-order chi connectivity index (χ1) is 9.74. The largest absolute Gasteiger partial charge is 0.375 e. The van der Waals surface area contributed by atoms with Crippen LogP contribution in [-0.4, -0.2) is 42.5 Å². The second-order valence-electron chi connectivity index (χ2n) is 5.62. The normalized spacial score (nSPS) is 26.4. The van der Waals surface area contributed by atoms with Gasteiger partial charge in [-0.25, -0.2) is 4.39 Å². The fourth-order valence-electron chi connectivity index (χ4n) is 3.31. The van der Waals surface area contributed by atoms with Crippen LogP contribution in [0.3, 0.4) is 0 Å². The Morgan fingerprint density at radius 3 is 2.90 bits per heavy atom. The van der Waals surface area contributed by atoms with Crippen LogP contribution >= 0.6 is 0 Å². The zero-order chi connectivity index (χ0) is 13.9. The molecule has 20 heavy (non-hydrogen) atoms. The zero-order valence-electron chi connectivity index (χ0n) is 11.6. The third-order valence-electron chi connectivity index (χ3n) is 4.39. The van der Waals surface area contributed by atoms with Gasteiger partial charge in [-0.05, 0) is 43.5 Å². The second-order valence-corrected chi connectivity index (χ2v) is 5.62. The number of rotatable bonds is 4. The Kier molecular flexibility index (Phi) is 4.13. The number of Topliss-reactive ketones (excluding diaryl/α,β-unsaturated/α-hetero) is 1. The molecule has 2 unspecified atom stereocenters. The van der Waals surface area contributed by atoms with Crippen molar-refractivity contribution in [2.24, 2.45) is 0 Å². The van der Waals surface area contributed by atoms with E-state index in [1.807, 2.05) is 0 Å². The van der Waals surface area contributed by atoms with E-state index in [2.05, 4.69) is 4.90 Å². The lowest BCUT2D eigenvalue weighted by molar-refractivity contribution is -0.0550. The maximum Gasteiger partial charge on any atom is 0.164 e. The van der Waals surface area contributed by atoms with E-state index < -0.39 is 0 Å². The van der Waals surface area contributed by atoms with E-state index in [0.717, 1.165) is 26.1 Å². The summed E-state index contributed by atoms with van der Waals surface area (Å²) in [6.07, 6.45) is 4.40. The van der Waals surface area contributed by atoms with Gasteiger partial charge in [0.25, 0.3) is 0 Å². The highest BCUT2D eigenvalue weighted by Crippen LogP contribution is 2.29. The number of ketones is 1. The van der Waals surface area contributed by atoms with Gasteiger partial charge in [0, 0.05) is 31.1 Å². The predicted molar refractivity (Wildman–Crippen MR) is 74.3 cm³/mol. The third kappa shape index (κ3) is 2.91. The molecule has 1 aromatic carbocycles. The maximum absolute atomic E-state index is 12.8. The van der Waals surface area contributed by atoms with Crippen molar-refractivity contribution in [3.05, 3.63) is 35.6 Å². The fourth-order valence-corrected chi connectivity index (χ4v) is 3.31. The van der Waals surface area contributed by atoms with Gasteiger partial charge in [-0.15, -0.1) is 0 Å². The van der Waals surface area contributed by atoms with Crippen LogP contribution in [0.1, 0.15) is 36.0 Å². The Morgan fingerprint density at radius 2 is 2.10 bits per heavy atom. The highest BCUT2D eigenvalue weighted by atomic mass is 19.1. The summed E-state index contributed by atoms with van der Waals surface area (Å²) < 4.78 is 18.6. The third-order valence-corrected chi connectivity index (χ3v) is 4.39. The van der Waals surface area contributed by atoms with E-state index in [1.54, 1.807) is 12.1 Å². The standard InChI is InChI=1S/C16H20FNO2/c17-13-6-4-12(5-7-13)15(19)8-9-18-10-11-20-16-3-1-2-14(16)18/h4-7,14,16H,1-3,8-11H2. The number of carbonyl (C=O) groups is 1. The first-order valence-corrected chi connectivity index (χ1v) is 7.38. The molecule has 2 atom stereocenters. The highest BCUT2D eigenvalue weighted by Gasteiger charge is 2.35. The minimum absolute atomic E-state index is 0.0889. The van der Waals surface area contributed by atoms with Gasteiger partial charge in [0.05, 0.1) is 12.7 Å². The Labute approximate surface area is 118 Å². The Hall–Kier alpha value is -1.26. The first kappa shape index (κ1) is 13.7. The van der Waals surface area contributed by atoms with Crippen molar-refractivity contribution in [2.45, 2.75) is 37.8 Å². The van der Waals surface area contributed by atoms with E-state index in [-0.39, 0.29) is 11.6 Å². The zero-order valence-corrected chi connectivity index (χ0v) is 11.6. The van der Waals surface area contributed by atoms with Crippen molar-refractivity contribution in [3.63, 3.8) is 0 Å². The second kappa shape index (κ2) is 6.02. The summed E-state index contributed by atoms with van der Waals surface area (Å²) in [5.74, 6) is -0.213. The summed E-state index contributed by atoms with van der Waals surface area (Å²) in [5, 5.41) is 0. The number of nitrogens with zero attached hydrogens (tertiary/aromatic N) is 1. The van der Waals surface area contributed by atoms with Gasteiger partial charge >= 0.3 is 0 Å². The maximum atomic E-state index is 12.8. The summed E-state index contributed by atoms with van der Waals surface area (Å²) in [7, 11) is 0. The fraction of sp³-hybridized carbons (Fsp3) is 0.562. The molecule has 2 fully saturated rings. The summed E-state index contributed by atoms with van der Waals surface area (Å²) in [5.41, 5.74) is 0.600. The van der Waals surface area contributed by atoms with Gasteiger partial charge in [0.15, 0.2) is 5.78 Å². The van der Waals surface area contributed by atoms with E-state index in [0.29, 0.717) is 24.1 Å². The molecular formula is C16H20FNO2. The molecule has 1 heterocycles. The molecular weight excluding hydrogens is 257 g/mol. The van der Waals surface area contributed by atoms with Gasteiger partial charge in [-0.1, -0.05) is 0 Å². The van der Waals surface area contributed by atoms with Crippen LogP contribution in [-0.2, 0) is 4.74 Å². The molecule has 3 nitrogen and oxygen atoms in total. The Morgan fingerprint density at radius 1 is 1.30 bits per heavy atom. The Balaban J connectivity index is 1.56. The number of ether oxygens (including phenoxy) is 1. The van der Waals surface area contributed by atoms with Crippen molar-refractivity contribution >= 4 is 5.78 Å². The molecule has 1 saturated heterocycles. The average molecular weight is 277 g/mol. The number of morpholine rings is 1. The summed E-state index contributed by atoms with van der Waals surface area (Å²) in [4.78, 5) is 14.5. The van der Waals surface area contributed by atoms with Crippen molar-refractivity contribution in [1.29, 1.82) is 0 Å². The van der Waals surface area contributed by atoms with Crippen LogP contribution in [0.25, 0.3) is 0 Å². The molecule has 0 amide bonds. The molecule has 0 bridgehead atoms. The van der Waals surface area contributed by atoms with Crippen molar-refractivity contribution in [2.75, 3.05) is 19.7 Å². The molecule has 108 valence electrons. The molecule has 2 aliphatic rings. The average Bonchev–Trinajstić information content (AvgIpc) is 2.94. The summed E-state index contributed by atoms with van der Waals surface area (Å²) in [6.45, 7) is 2.46. The van der Waals surface area contributed by atoms with Crippen molar-refractivity contribution < 1.29 is 13.9 Å². The first-order valence-electron chi connectivity index (χ1n) is 7.38. The van der Waals surface area contributed by atoms with E-state index in [9.17, 15) is 9.18 Å². The molecule has 0 N–H and O–H groups in total. The molecule has 4 heteroatoms. The summed E-state index contributed by atoms with van der Waals surface area (Å²) in [6, 6.07) is 6.30. The number of halogens is 1. The molecule has 0 radical (unpaired) electrons. The number of fused-ring (bicyclic) bond motifs is 1. The molecule has 1 aliphatic carbocycles. The van der Waals surface area contributed by atoms with Gasteiger partial charge < -0.3 is 4.74 Å². The van der Waals surface area contributed by atoms with Gasteiger partial charge in [-0.2, -0.15) is 0 Å². The van der Waals surface area contributed by atoms with E-state index in [4.69, 9.17) is 4.74 Å². The quantitative estimate of drug-likeness (QED) is 0.792. The van der Waals surface area contributed by atoms with Crippen LogP contribution in [0.5, 0.6) is 0 Å². The molecule has 0 spiro atoms. The van der Waals surface area contributed by atoms with Crippen molar-refractivity contribution in [1.82, 2.24) is 4.90 Å². The van der Waals surface area contributed by atoms with Crippen LogP contribution in [0.2, 0.25) is 0 Å². The minimum Gasteiger partial charge on any atom is -0.375 e. The molecule has 0 aromatic heterocycles. The predicted octanol–water partition coefficient (Wildman–Crippen LogP) is 2.65. The van der Waals surface area contributed by atoms with Crippen LogP contribution in [0.15, 0.2) is 24.3 Å². The monoisotopic (exact) mass is 277 g/mol. The lowest BCUT2D eigenvalue weighted by Gasteiger charge is -2.37. The van der Waals surface area contributed by atoms with Gasteiger partial charge in [0.1, 0.15) is 5.82 Å². The Bertz CT molecular complexity index is 474. The summed E-state index contributed by atoms with van der Waals surface area (Å²) >= 11 is 0. The lowest BCUT2D eigenvalue weighted by atomic mass is 10.1. The topological polar surface area (TPSA) is 29.5 Å². The van der Waals surface area contributed by atoms with Crippen LogP contribution < -0.4 is 0 Å². The van der Waals surface area contributed by atoms with E-state index in [1.165, 1.54) is 25.0 Å². The minimum atomic E-state index is -0.302. The van der Waals surface area contributed by atoms with Gasteiger partial charge in [0.2, 0.25) is 0 Å².